The molecule has 2 fully saturated rings. The first-order valence-electron chi connectivity index (χ1n) is 14.9. The number of carbonyl (C=O) groups excluding carboxylic acids is 1. The maximum atomic E-state index is 14.4. The molecule has 2 N–H and O–H groups in total. The Morgan fingerprint density at radius 1 is 1.13 bits per heavy atom. The fourth-order valence-corrected chi connectivity index (χ4v) is 6.96. The van der Waals surface area contributed by atoms with Crippen LogP contribution in [0.1, 0.15) is 60.5 Å². The van der Waals surface area contributed by atoms with Gasteiger partial charge in [0.15, 0.2) is 5.13 Å². The number of carbonyl (C=O) groups is 2. The van der Waals surface area contributed by atoms with E-state index >= 15 is 0 Å². The summed E-state index contributed by atoms with van der Waals surface area (Å²) in [6.07, 6.45) is 1.13. The van der Waals surface area contributed by atoms with Crippen LogP contribution in [0.25, 0.3) is 11.3 Å². The number of benzene rings is 1. The van der Waals surface area contributed by atoms with Gasteiger partial charge in [0.1, 0.15) is 17.3 Å². The Kier molecular flexibility index (Phi) is 9.99. The molecule has 4 heterocycles. The number of thiazole rings is 1. The smallest absolute Gasteiger partial charge is 0.416 e. The number of piperazine rings is 1. The molecule has 3 aromatic rings. The molecule has 0 unspecified atom stereocenters. The van der Waals surface area contributed by atoms with Crippen LogP contribution in [0.5, 0.6) is 0 Å². The van der Waals surface area contributed by atoms with Crippen LogP contribution in [0.4, 0.5) is 28.5 Å². The van der Waals surface area contributed by atoms with Gasteiger partial charge in [-0.05, 0) is 50.9 Å². The van der Waals surface area contributed by atoms with Gasteiger partial charge in [-0.3, -0.25) is 24.7 Å². The number of hydrogen-bond donors (Lipinski definition) is 2. The molecule has 45 heavy (non-hydrogen) atoms. The lowest BCUT2D eigenvalue weighted by atomic mass is 10.1. The number of nitrogens with zero attached hydrogens (tertiary/aromatic N) is 6. The third kappa shape index (κ3) is 7.94. The summed E-state index contributed by atoms with van der Waals surface area (Å²) in [5.41, 5.74) is -0.899. The van der Waals surface area contributed by atoms with E-state index in [1.165, 1.54) is 12.4 Å². The predicted octanol–water partition coefficient (Wildman–Crippen LogP) is 5.37. The lowest BCUT2D eigenvalue weighted by Crippen LogP contribution is -2.52. The molecule has 5 rings (SSSR count). The molecule has 1 amide bonds. The minimum Gasteiger partial charge on any atom is -0.481 e. The van der Waals surface area contributed by atoms with Crippen molar-refractivity contribution >= 4 is 34.2 Å². The molecular formula is C30H35F4N7O3S. The van der Waals surface area contributed by atoms with Gasteiger partial charge < -0.3 is 10.0 Å². The van der Waals surface area contributed by atoms with Crippen LogP contribution < -0.4 is 10.2 Å². The van der Waals surface area contributed by atoms with Gasteiger partial charge in [0, 0.05) is 55.2 Å². The number of alkyl halides is 3. The van der Waals surface area contributed by atoms with E-state index in [1.54, 1.807) is 0 Å². The zero-order valence-electron chi connectivity index (χ0n) is 25.0. The highest BCUT2D eigenvalue weighted by Gasteiger charge is 2.33. The van der Waals surface area contributed by atoms with E-state index < -0.39 is 29.4 Å². The molecule has 0 saturated carbocycles. The van der Waals surface area contributed by atoms with Gasteiger partial charge in [0.25, 0.3) is 5.91 Å². The van der Waals surface area contributed by atoms with Gasteiger partial charge in [-0.15, -0.1) is 0 Å². The highest BCUT2D eigenvalue weighted by molar-refractivity contribution is 7.16. The summed E-state index contributed by atoms with van der Waals surface area (Å²) in [4.78, 5) is 44.2. The molecule has 0 aliphatic carbocycles. The molecule has 10 nitrogen and oxygen atoms in total. The first kappa shape index (κ1) is 32.7. The number of likely N-dealkylation sites (tertiary alicyclic amines) is 1. The number of aliphatic carboxylic acids is 1. The van der Waals surface area contributed by atoms with Gasteiger partial charge in [0.2, 0.25) is 0 Å². The molecular weight excluding hydrogens is 614 g/mol. The number of carboxylic acids is 1. The van der Waals surface area contributed by atoms with E-state index in [1.807, 2.05) is 11.8 Å². The van der Waals surface area contributed by atoms with E-state index in [-0.39, 0.29) is 34.5 Å². The van der Waals surface area contributed by atoms with E-state index in [9.17, 15) is 27.2 Å². The number of nitrogens with one attached hydrogen (secondary N) is 1. The lowest BCUT2D eigenvalue weighted by molar-refractivity contribution is -0.138. The average Bonchev–Trinajstić information content (AvgIpc) is 3.62. The standard InChI is InChI=1S/C30H35F4N7O3S/c1-3-22-5-4-7-40(22)17-24-27(19-11-20(30(32,33)34)13-21(31)12-19)37-29(45-24)38-28(44)23-14-36-25(15-35-23)41-10-9-39(16-18(41)2)8-6-26(42)43/h11-15,18,22H,3-10,16-17H2,1-2H3,(H,42,43)(H,37,38,44)/t18-,22-/m1/s1. The number of amides is 1. The molecule has 2 aromatic heterocycles. The van der Waals surface area contributed by atoms with Crippen molar-refractivity contribution in [2.75, 3.05) is 42.9 Å². The van der Waals surface area contributed by atoms with Crippen LogP contribution in [-0.4, -0.2) is 86.5 Å². The van der Waals surface area contributed by atoms with Crippen molar-refractivity contribution in [3.8, 4) is 11.3 Å². The van der Waals surface area contributed by atoms with Crippen molar-refractivity contribution in [2.45, 2.75) is 64.3 Å². The third-order valence-electron chi connectivity index (χ3n) is 8.25. The fraction of sp³-hybridized carbons (Fsp3) is 0.500. The molecule has 242 valence electrons. The molecule has 0 bridgehead atoms. The summed E-state index contributed by atoms with van der Waals surface area (Å²) in [5.74, 6) is -1.87. The van der Waals surface area contributed by atoms with E-state index in [0.717, 1.165) is 49.3 Å². The first-order valence-corrected chi connectivity index (χ1v) is 15.7. The predicted molar refractivity (Wildman–Crippen MR) is 162 cm³/mol. The maximum absolute atomic E-state index is 14.4. The van der Waals surface area contributed by atoms with Crippen molar-refractivity contribution in [2.24, 2.45) is 0 Å². The zero-order valence-corrected chi connectivity index (χ0v) is 25.8. The molecule has 1 aromatic carbocycles. The van der Waals surface area contributed by atoms with Crippen molar-refractivity contribution in [3.63, 3.8) is 0 Å². The number of hydrogen-bond acceptors (Lipinski definition) is 9. The van der Waals surface area contributed by atoms with Crippen LogP contribution in [0.2, 0.25) is 0 Å². The Morgan fingerprint density at radius 2 is 1.93 bits per heavy atom. The van der Waals surface area contributed by atoms with Crippen LogP contribution in [0.15, 0.2) is 30.6 Å². The normalized spacial score (nSPS) is 19.6. The highest BCUT2D eigenvalue weighted by Crippen LogP contribution is 2.38. The second-order valence-electron chi connectivity index (χ2n) is 11.4. The van der Waals surface area contributed by atoms with Gasteiger partial charge in [-0.2, -0.15) is 13.2 Å². The van der Waals surface area contributed by atoms with Crippen LogP contribution in [0, 0.1) is 5.82 Å². The number of rotatable bonds is 10. The molecule has 2 atom stereocenters. The second kappa shape index (κ2) is 13.7. The molecule has 0 radical (unpaired) electrons. The van der Waals surface area contributed by atoms with Crippen LogP contribution in [-0.2, 0) is 17.5 Å². The average molecular weight is 650 g/mol. The largest absolute Gasteiger partial charge is 0.481 e. The number of carboxylic acid groups (broad SMARTS) is 1. The van der Waals surface area contributed by atoms with Crippen LogP contribution in [0.3, 0.4) is 0 Å². The number of anilines is 2. The first-order chi connectivity index (χ1) is 21.4. The Labute approximate surface area is 262 Å². The maximum Gasteiger partial charge on any atom is 0.416 e. The zero-order chi connectivity index (χ0) is 32.3. The minimum absolute atomic E-state index is 0.0114. The summed E-state index contributed by atoms with van der Waals surface area (Å²) in [5, 5.41) is 11.8. The summed E-state index contributed by atoms with van der Waals surface area (Å²) < 4.78 is 54.9. The Bertz CT molecular complexity index is 1520. The van der Waals surface area contributed by atoms with Crippen molar-refractivity contribution in [3.05, 3.63) is 52.5 Å². The SMILES string of the molecule is CC[C@@H]1CCCN1Cc1sc(NC(=O)c2cnc(N3CCN(CCC(=O)O)C[C@H]3C)cn2)nc1-c1cc(F)cc(C(F)(F)F)c1. The number of aromatic nitrogens is 3. The van der Waals surface area contributed by atoms with Gasteiger partial charge >= 0.3 is 12.1 Å². The Hall–Kier alpha value is -3.69. The molecule has 0 spiro atoms. The molecule has 15 heteroatoms. The van der Waals surface area contributed by atoms with Crippen molar-refractivity contribution < 1.29 is 32.3 Å². The second-order valence-corrected chi connectivity index (χ2v) is 12.5. The quantitative estimate of drug-likeness (QED) is 0.280. The molecule has 2 aliphatic heterocycles. The third-order valence-corrected chi connectivity index (χ3v) is 9.21. The Balaban J connectivity index is 1.33. The van der Waals surface area contributed by atoms with Crippen molar-refractivity contribution in [1.29, 1.82) is 0 Å². The van der Waals surface area contributed by atoms with E-state index in [2.05, 4.69) is 37.0 Å². The van der Waals surface area contributed by atoms with Gasteiger partial charge in [-0.25, -0.2) is 19.3 Å². The Morgan fingerprint density at radius 3 is 2.60 bits per heavy atom. The van der Waals surface area contributed by atoms with E-state index in [0.29, 0.717) is 55.5 Å². The fourth-order valence-electron chi connectivity index (χ4n) is 5.96. The van der Waals surface area contributed by atoms with Crippen molar-refractivity contribution in [1.82, 2.24) is 24.8 Å². The summed E-state index contributed by atoms with van der Waals surface area (Å²) in [6, 6.07) is 2.73. The van der Waals surface area contributed by atoms with Crippen LogP contribution >= 0.6 is 11.3 Å². The molecule has 2 aliphatic rings. The summed E-state index contributed by atoms with van der Waals surface area (Å²) >= 11 is 1.14. The van der Waals surface area contributed by atoms with Gasteiger partial charge in [-0.1, -0.05) is 18.3 Å². The molecule has 2 saturated heterocycles. The topological polar surface area (TPSA) is 115 Å². The summed E-state index contributed by atoms with van der Waals surface area (Å²) in [6.45, 7) is 7.76. The highest BCUT2D eigenvalue weighted by atomic mass is 32.1. The van der Waals surface area contributed by atoms with Gasteiger partial charge in [0.05, 0.1) is 30.1 Å². The van der Waals surface area contributed by atoms with E-state index in [4.69, 9.17) is 5.11 Å². The number of halogens is 4. The lowest BCUT2D eigenvalue weighted by Gasteiger charge is -2.40. The summed E-state index contributed by atoms with van der Waals surface area (Å²) in [7, 11) is 0. The monoisotopic (exact) mass is 649 g/mol. The minimum atomic E-state index is -4.73.